The summed E-state index contributed by atoms with van der Waals surface area (Å²) in [6.07, 6.45) is 3.09. The molecule has 1 aromatic heterocycles. The highest BCUT2D eigenvalue weighted by Gasteiger charge is 2.25. The summed E-state index contributed by atoms with van der Waals surface area (Å²) < 4.78 is 5.49. The van der Waals surface area contributed by atoms with E-state index in [-0.39, 0.29) is 10.7 Å². The number of fused-ring (bicyclic) bond motifs is 1. The van der Waals surface area contributed by atoms with Crippen molar-refractivity contribution in [3.05, 3.63) is 53.0 Å². The van der Waals surface area contributed by atoms with Gasteiger partial charge in [0.15, 0.2) is 0 Å². The number of hydrogen-bond donors (Lipinski definition) is 0. The highest BCUT2D eigenvalue weighted by Crippen LogP contribution is 2.37. The average molecular weight is 334 g/mol. The molecule has 104 valence electrons. The van der Waals surface area contributed by atoms with Crippen molar-refractivity contribution in [1.82, 2.24) is 0 Å². The molecule has 4 heteroatoms. The lowest BCUT2D eigenvalue weighted by molar-refractivity contribution is -0.117. The molecule has 1 unspecified atom stereocenters. The van der Waals surface area contributed by atoms with Crippen LogP contribution in [0.2, 0.25) is 0 Å². The lowest BCUT2D eigenvalue weighted by Gasteiger charge is -2.13. The fraction of sp³-hybridized carbons (Fsp3) is 0.312. The molecule has 1 atom stereocenters. The molecule has 1 amide bonds. The van der Waals surface area contributed by atoms with Crippen molar-refractivity contribution in [3.8, 4) is 0 Å². The molecule has 3 rings (SSSR count). The summed E-state index contributed by atoms with van der Waals surface area (Å²) in [5, 5.41) is 0. The number of carbonyl (C=O) groups excluding carboxylic acids is 1. The monoisotopic (exact) mass is 333 g/mol. The molecule has 1 aliphatic heterocycles. The Kier molecular flexibility index (Phi) is 3.42. The first-order valence-corrected chi connectivity index (χ1v) is 7.63. The number of halogens is 1. The fourth-order valence-corrected chi connectivity index (χ4v) is 3.38. The van der Waals surface area contributed by atoms with Crippen molar-refractivity contribution in [2.24, 2.45) is 0 Å². The number of anilines is 1. The number of benzene rings is 1. The predicted octanol–water partition coefficient (Wildman–Crippen LogP) is 3.85. The second-order valence-electron chi connectivity index (χ2n) is 5.03. The molecule has 0 N–H and O–H groups in total. The first-order chi connectivity index (χ1) is 9.61. The summed E-state index contributed by atoms with van der Waals surface area (Å²) in [7, 11) is 1.82. The van der Waals surface area contributed by atoms with E-state index in [0.29, 0.717) is 6.42 Å². The molecule has 0 aliphatic carbocycles. The van der Waals surface area contributed by atoms with E-state index < -0.39 is 0 Å². The smallest absolute Gasteiger partial charge is 0.231 e. The van der Waals surface area contributed by atoms with Crippen molar-refractivity contribution in [2.45, 2.75) is 24.6 Å². The maximum absolute atomic E-state index is 11.7. The Morgan fingerprint density at radius 1 is 1.40 bits per heavy atom. The Bertz CT molecular complexity index is 662. The Hall–Kier alpha value is -1.55. The molecule has 0 bridgehead atoms. The van der Waals surface area contributed by atoms with Gasteiger partial charge in [-0.15, -0.1) is 0 Å². The molecule has 2 heterocycles. The molecule has 1 aliphatic rings. The number of rotatable bonds is 3. The zero-order valence-electron chi connectivity index (χ0n) is 11.5. The number of amides is 1. The zero-order valence-corrected chi connectivity index (χ0v) is 13.1. The quantitative estimate of drug-likeness (QED) is 0.799. The summed E-state index contributed by atoms with van der Waals surface area (Å²) in [6, 6.07) is 8.21. The van der Waals surface area contributed by atoms with Crippen LogP contribution in [0.5, 0.6) is 0 Å². The van der Waals surface area contributed by atoms with E-state index >= 15 is 0 Å². The van der Waals surface area contributed by atoms with Gasteiger partial charge in [-0.3, -0.25) is 4.79 Å². The maximum atomic E-state index is 11.7. The van der Waals surface area contributed by atoms with Crippen molar-refractivity contribution < 1.29 is 9.21 Å². The van der Waals surface area contributed by atoms with Gasteiger partial charge in [0.1, 0.15) is 5.76 Å². The van der Waals surface area contributed by atoms with Gasteiger partial charge in [-0.2, -0.15) is 0 Å². The van der Waals surface area contributed by atoms with Crippen LogP contribution >= 0.6 is 15.9 Å². The lowest BCUT2D eigenvalue weighted by Crippen LogP contribution is -2.20. The molecular formula is C16H16BrNO2. The molecule has 0 radical (unpaired) electrons. The average Bonchev–Trinajstić information content (AvgIpc) is 3.03. The molecule has 3 nitrogen and oxygen atoms in total. The summed E-state index contributed by atoms with van der Waals surface area (Å²) in [6.45, 7) is 2.08. The summed E-state index contributed by atoms with van der Waals surface area (Å²) in [5.41, 5.74) is 4.43. The van der Waals surface area contributed by atoms with Gasteiger partial charge in [0.05, 0.1) is 17.5 Å². The number of hydrogen-bond acceptors (Lipinski definition) is 2. The highest BCUT2D eigenvalue weighted by atomic mass is 79.9. The standard InChI is InChI=1S/C16H16BrNO2/c1-3-14-12(6-7-20-14)16(17)10-4-5-13-11(8-10)9-15(19)18(13)2/h4-8,16H,3,9H2,1-2H3. The van der Waals surface area contributed by atoms with Crippen LogP contribution in [-0.4, -0.2) is 13.0 Å². The SMILES string of the molecule is CCc1occc1C(Br)c1ccc2c(c1)CC(=O)N2C. The molecular weight excluding hydrogens is 318 g/mol. The molecule has 2 aromatic rings. The number of likely N-dealkylation sites (N-methyl/N-ethyl adjacent to an activating group) is 1. The Balaban J connectivity index is 1.96. The first-order valence-electron chi connectivity index (χ1n) is 6.71. The topological polar surface area (TPSA) is 33.5 Å². The molecule has 0 saturated heterocycles. The zero-order chi connectivity index (χ0) is 14.3. The largest absolute Gasteiger partial charge is 0.469 e. The van der Waals surface area contributed by atoms with Gasteiger partial charge in [0.25, 0.3) is 0 Å². The Morgan fingerprint density at radius 2 is 2.20 bits per heavy atom. The van der Waals surface area contributed by atoms with E-state index in [1.165, 1.54) is 0 Å². The number of furan rings is 1. The fourth-order valence-electron chi connectivity index (χ4n) is 2.69. The minimum atomic E-state index is 0.0995. The predicted molar refractivity (Wildman–Crippen MR) is 82.4 cm³/mol. The van der Waals surface area contributed by atoms with E-state index in [1.807, 2.05) is 19.2 Å². The van der Waals surface area contributed by atoms with Crippen LogP contribution in [0.25, 0.3) is 0 Å². The summed E-state index contributed by atoms with van der Waals surface area (Å²) >= 11 is 3.74. The summed E-state index contributed by atoms with van der Waals surface area (Å²) in [5.74, 6) is 1.15. The first kappa shape index (κ1) is 13.4. The van der Waals surface area contributed by atoms with Crippen molar-refractivity contribution >= 4 is 27.5 Å². The van der Waals surface area contributed by atoms with Gasteiger partial charge in [-0.25, -0.2) is 0 Å². The van der Waals surface area contributed by atoms with E-state index in [0.717, 1.165) is 34.6 Å². The van der Waals surface area contributed by atoms with E-state index in [9.17, 15) is 4.79 Å². The second kappa shape index (κ2) is 5.09. The summed E-state index contributed by atoms with van der Waals surface area (Å²) in [4.78, 5) is 13.6. The van der Waals surface area contributed by atoms with Crippen molar-refractivity contribution in [1.29, 1.82) is 0 Å². The Morgan fingerprint density at radius 3 is 2.95 bits per heavy atom. The van der Waals surface area contributed by atoms with Crippen LogP contribution in [-0.2, 0) is 17.6 Å². The third-order valence-electron chi connectivity index (χ3n) is 3.85. The molecule has 20 heavy (non-hydrogen) atoms. The number of nitrogens with zero attached hydrogens (tertiary/aromatic N) is 1. The molecule has 0 saturated carbocycles. The van der Waals surface area contributed by atoms with Gasteiger partial charge in [0, 0.05) is 24.7 Å². The van der Waals surface area contributed by atoms with Crippen LogP contribution < -0.4 is 4.90 Å². The van der Waals surface area contributed by atoms with Gasteiger partial charge in [0.2, 0.25) is 5.91 Å². The molecule has 0 spiro atoms. The minimum Gasteiger partial charge on any atom is -0.469 e. The normalized spacial score (nSPS) is 15.6. The van der Waals surface area contributed by atoms with Gasteiger partial charge in [-0.05, 0) is 23.3 Å². The Labute approximate surface area is 126 Å². The third kappa shape index (κ3) is 2.08. The third-order valence-corrected chi connectivity index (χ3v) is 4.87. The van der Waals surface area contributed by atoms with E-state index in [2.05, 4.69) is 35.0 Å². The van der Waals surface area contributed by atoms with Crippen LogP contribution in [0.15, 0.2) is 34.9 Å². The minimum absolute atomic E-state index is 0.0995. The van der Waals surface area contributed by atoms with E-state index in [1.54, 1.807) is 11.2 Å². The van der Waals surface area contributed by atoms with Crippen molar-refractivity contribution in [3.63, 3.8) is 0 Å². The van der Waals surface area contributed by atoms with Gasteiger partial charge in [-0.1, -0.05) is 35.0 Å². The van der Waals surface area contributed by atoms with Crippen molar-refractivity contribution in [2.75, 3.05) is 11.9 Å². The number of carbonyl (C=O) groups is 1. The molecule has 0 fully saturated rings. The van der Waals surface area contributed by atoms with E-state index in [4.69, 9.17) is 4.42 Å². The highest BCUT2D eigenvalue weighted by molar-refractivity contribution is 9.09. The number of alkyl halides is 1. The second-order valence-corrected chi connectivity index (χ2v) is 5.95. The lowest BCUT2D eigenvalue weighted by atomic mass is 10.0. The van der Waals surface area contributed by atoms with Gasteiger partial charge < -0.3 is 9.32 Å². The maximum Gasteiger partial charge on any atom is 0.231 e. The van der Waals surface area contributed by atoms with Crippen LogP contribution in [0.3, 0.4) is 0 Å². The number of aryl methyl sites for hydroxylation is 1. The van der Waals surface area contributed by atoms with Crippen LogP contribution in [0.1, 0.15) is 34.2 Å². The van der Waals surface area contributed by atoms with Gasteiger partial charge >= 0.3 is 0 Å². The van der Waals surface area contributed by atoms with Crippen LogP contribution in [0.4, 0.5) is 5.69 Å². The molecule has 1 aromatic carbocycles. The van der Waals surface area contributed by atoms with Crippen LogP contribution in [0, 0.1) is 0 Å².